The fraction of sp³-hybridized carbons (Fsp3) is 0.917. The second-order valence-corrected chi connectivity index (χ2v) is 5.17. The lowest BCUT2D eigenvalue weighted by Crippen LogP contribution is -2.51. The average Bonchev–Trinajstić information content (AvgIpc) is 2.24. The molecule has 2 unspecified atom stereocenters. The zero-order valence-corrected chi connectivity index (χ0v) is 10.2. The molecular weight excluding hydrogens is 204 g/mol. The third-order valence-corrected chi connectivity index (χ3v) is 3.79. The molecule has 2 aliphatic rings. The molecule has 92 valence electrons. The van der Waals surface area contributed by atoms with Crippen LogP contribution in [0.1, 0.15) is 19.3 Å². The molecule has 2 atom stereocenters. The van der Waals surface area contributed by atoms with Gasteiger partial charge in [0.25, 0.3) is 0 Å². The molecule has 1 saturated heterocycles. The van der Waals surface area contributed by atoms with Crippen LogP contribution in [0.4, 0.5) is 0 Å². The summed E-state index contributed by atoms with van der Waals surface area (Å²) in [4.78, 5) is 13.1. The van der Waals surface area contributed by atoms with Crippen molar-refractivity contribution in [1.29, 1.82) is 0 Å². The Labute approximate surface area is 97.3 Å². The normalized spacial score (nSPS) is 33.5. The van der Waals surface area contributed by atoms with E-state index in [9.17, 15) is 4.79 Å². The second kappa shape index (κ2) is 5.15. The van der Waals surface area contributed by atoms with Crippen molar-refractivity contribution in [3.05, 3.63) is 0 Å². The number of nitrogens with one attached hydrogen (secondary N) is 1. The predicted molar refractivity (Wildman–Crippen MR) is 62.1 cm³/mol. The topological polar surface area (TPSA) is 41.6 Å². The molecule has 4 nitrogen and oxygen atoms in total. The number of hydrogen-bond acceptors (Lipinski definition) is 3. The minimum Gasteiger partial charge on any atom is -0.368 e. The summed E-state index contributed by atoms with van der Waals surface area (Å²) in [5, 5.41) is 3.45. The molecule has 0 spiro atoms. The van der Waals surface area contributed by atoms with Gasteiger partial charge in [-0.05, 0) is 24.7 Å². The summed E-state index contributed by atoms with van der Waals surface area (Å²) in [5.74, 6) is 1.29. The second-order valence-electron chi connectivity index (χ2n) is 5.17. The number of ether oxygens (including phenoxy) is 1. The number of hydrogen-bond donors (Lipinski definition) is 1. The van der Waals surface area contributed by atoms with Crippen molar-refractivity contribution in [2.75, 3.05) is 33.8 Å². The Morgan fingerprint density at radius 1 is 1.31 bits per heavy atom. The third kappa shape index (κ3) is 2.55. The highest BCUT2D eigenvalue weighted by atomic mass is 16.5. The van der Waals surface area contributed by atoms with Gasteiger partial charge in [0, 0.05) is 27.2 Å². The molecular formula is C12H22N2O2. The van der Waals surface area contributed by atoms with Crippen LogP contribution in [0.15, 0.2) is 0 Å². The highest BCUT2D eigenvalue weighted by molar-refractivity contribution is 5.76. The highest BCUT2D eigenvalue weighted by Crippen LogP contribution is 2.33. The summed E-state index contributed by atoms with van der Waals surface area (Å²) < 4.78 is 5.84. The van der Waals surface area contributed by atoms with Crippen LogP contribution in [0.3, 0.4) is 0 Å². The van der Waals surface area contributed by atoms with Crippen molar-refractivity contribution in [2.45, 2.75) is 25.4 Å². The van der Waals surface area contributed by atoms with Crippen LogP contribution in [-0.2, 0) is 9.53 Å². The summed E-state index contributed by atoms with van der Waals surface area (Å²) in [7, 11) is 3.55. The zero-order valence-electron chi connectivity index (χ0n) is 10.2. The standard InChI is InChI=1S/C12H22N2O2/c1-14(2)11(15)8-16-12-9-4-3-5-10(12)7-13-6-9/h9-10,12-13H,3-8H2,1-2H3. The minimum atomic E-state index is 0.0663. The van der Waals surface area contributed by atoms with E-state index in [2.05, 4.69) is 5.32 Å². The predicted octanol–water partition coefficient (Wildman–Crippen LogP) is 0.479. The first kappa shape index (κ1) is 11.9. The van der Waals surface area contributed by atoms with Crippen LogP contribution in [-0.4, -0.2) is 50.7 Å². The van der Waals surface area contributed by atoms with Crippen LogP contribution in [0.5, 0.6) is 0 Å². The van der Waals surface area contributed by atoms with Gasteiger partial charge in [0.05, 0.1) is 6.10 Å². The van der Waals surface area contributed by atoms with Crippen LogP contribution >= 0.6 is 0 Å². The number of nitrogens with zero attached hydrogens (tertiary/aromatic N) is 1. The number of carbonyl (C=O) groups is 1. The molecule has 0 aromatic carbocycles. The molecule has 2 bridgehead atoms. The van der Waals surface area contributed by atoms with Crippen molar-refractivity contribution in [2.24, 2.45) is 11.8 Å². The van der Waals surface area contributed by atoms with Gasteiger partial charge in [0.15, 0.2) is 0 Å². The summed E-state index contributed by atoms with van der Waals surface area (Å²) >= 11 is 0. The maximum Gasteiger partial charge on any atom is 0.248 e. The third-order valence-electron chi connectivity index (χ3n) is 3.79. The van der Waals surface area contributed by atoms with Crippen molar-refractivity contribution >= 4 is 5.91 Å². The van der Waals surface area contributed by atoms with Gasteiger partial charge in [0.1, 0.15) is 6.61 Å². The molecule has 1 saturated carbocycles. The minimum absolute atomic E-state index is 0.0663. The zero-order chi connectivity index (χ0) is 11.5. The summed E-state index contributed by atoms with van der Waals surface area (Å²) in [6.45, 7) is 2.35. The van der Waals surface area contributed by atoms with E-state index in [0.29, 0.717) is 17.9 Å². The van der Waals surface area contributed by atoms with E-state index in [1.54, 1.807) is 19.0 Å². The molecule has 1 aliphatic carbocycles. The SMILES string of the molecule is CN(C)C(=O)COC1C2CCCC1CNC2. The number of likely N-dealkylation sites (N-methyl/N-ethyl adjacent to an activating group) is 1. The molecule has 1 aliphatic heterocycles. The van der Waals surface area contributed by atoms with Gasteiger partial charge in [-0.1, -0.05) is 6.42 Å². The van der Waals surface area contributed by atoms with Crippen LogP contribution in [0, 0.1) is 11.8 Å². The van der Waals surface area contributed by atoms with Crippen LogP contribution in [0.2, 0.25) is 0 Å². The van der Waals surface area contributed by atoms with Crippen molar-refractivity contribution < 1.29 is 9.53 Å². The first-order chi connectivity index (χ1) is 7.68. The maximum atomic E-state index is 11.5. The summed E-state index contributed by atoms with van der Waals surface area (Å²) in [6, 6.07) is 0. The van der Waals surface area contributed by atoms with Gasteiger partial charge in [-0.25, -0.2) is 0 Å². The molecule has 2 fully saturated rings. The largest absolute Gasteiger partial charge is 0.368 e. The molecule has 0 radical (unpaired) electrons. The van der Waals surface area contributed by atoms with Gasteiger partial charge in [-0.2, -0.15) is 0 Å². The molecule has 1 N–H and O–H groups in total. The van der Waals surface area contributed by atoms with Gasteiger partial charge < -0.3 is 15.0 Å². The van der Waals surface area contributed by atoms with E-state index in [1.165, 1.54) is 19.3 Å². The number of fused-ring (bicyclic) bond motifs is 2. The lowest BCUT2D eigenvalue weighted by Gasteiger charge is -2.42. The first-order valence-electron chi connectivity index (χ1n) is 6.21. The van der Waals surface area contributed by atoms with E-state index < -0.39 is 0 Å². The molecule has 0 aromatic rings. The molecule has 0 aromatic heterocycles. The Bertz CT molecular complexity index is 233. The van der Waals surface area contributed by atoms with E-state index in [-0.39, 0.29) is 12.5 Å². The molecule has 2 rings (SSSR count). The van der Waals surface area contributed by atoms with Crippen molar-refractivity contribution in [3.63, 3.8) is 0 Å². The molecule has 16 heavy (non-hydrogen) atoms. The van der Waals surface area contributed by atoms with E-state index in [4.69, 9.17) is 4.74 Å². The number of rotatable bonds is 3. The number of piperidine rings is 1. The summed E-state index contributed by atoms with van der Waals surface area (Å²) in [5.41, 5.74) is 0. The Kier molecular flexibility index (Phi) is 3.82. The van der Waals surface area contributed by atoms with Crippen molar-refractivity contribution in [1.82, 2.24) is 10.2 Å². The first-order valence-corrected chi connectivity index (χ1v) is 6.21. The average molecular weight is 226 g/mol. The molecule has 1 amide bonds. The quantitative estimate of drug-likeness (QED) is 0.761. The number of amides is 1. The fourth-order valence-electron chi connectivity index (χ4n) is 2.81. The lowest BCUT2D eigenvalue weighted by atomic mass is 9.76. The fourth-order valence-corrected chi connectivity index (χ4v) is 2.81. The van der Waals surface area contributed by atoms with Gasteiger partial charge >= 0.3 is 0 Å². The van der Waals surface area contributed by atoms with Gasteiger partial charge in [-0.15, -0.1) is 0 Å². The molecule has 1 heterocycles. The van der Waals surface area contributed by atoms with Crippen LogP contribution < -0.4 is 5.32 Å². The smallest absolute Gasteiger partial charge is 0.248 e. The Morgan fingerprint density at radius 2 is 1.94 bits per heavy atom. The van der Waals surface area contributed by atoms with E-state index in [0.717, 1.165) is 13.1 Å². The van der Waals surface area contributed by atoms with Crippen molar-refractivity contribution in [3.8, 4) is 0 Å². The van der Waals surface area contributed by atoms with E-state index >= 15 is 0 Å². The van der Waals surface area contributed by atoms with Crippen LogP contribution in [0.25, 0.3) is 0 Å². The van der Waals surface area contributed by atoms with E-state index in [1.807, 2.05) is 0 Å². The van der Waals surface area contributed by atoms with Gasteiger partial charge in [0.2, 0.25) is 5.91 Å². The maximum absolute atomic E-state index is 11.5. The lowest BCUT2D eigenvalue weighted by molar-refractivity contribution is -0.141. The monoisotopic (exact) mass is 226 g/mol. The Hall–Kier alpha value is -0.610. The Balaban J connectivity index is 1.86. The summed E-state index contributed by atoms with van der Waals surface area (Å²) in [6.07, 6.45) is 4.10. The molecule has 4 heteroatoms. The Morgan fingerprint density at radius 3 is 2.50 bits per heavy atom. The number of carbonyl (C=O) groups excluding carboxylic acids is 1. The van der Waals surface area contributed by atoms with Gasteiger partial charge in [-0.3, -0.25) is 4.79 Å². The highest BCUT2D eigenvalue weighted by Gasteiger charge is 2.37.